The Hall–Kier alpha value is -2.53. The van der Waals surface area contributed by atoms with Gasteiger partial charge in [-0.3, -0.25) is 9.69 Å². The van der Waals surface area contributed by atoms with Crippen LogP contribution in [0.25, 0.3) is 0 Å². The summed E-state index contributed by atoms with van der Waals surface area (Å²) in [6, 6.07) is 16.6. The Morgan fingerprint density at radius 2 is 1.71 bits per heavy atom. The Morgan fingerprint density at radius 1 is 1.07 bits per heavy atom. The number of hydrogen-bond donors (Lipinski definition) is 1. The zero-order chi connectivity index (χ0) is 19.9. The number of amides is 1. The quantitative estimate of drug-likeness (QED) is 0.762. The number of benzene rings is 2. The van der Waals surface area contributed by atoms with E-state index in [1.54, 1.807) is 7.11 Å². The van der Waals surface area contributed by atoms with E-state index in [4.69, 9.17) is 4.74 Å². The van der Waals surface area contributed by atoms with Crippen LogP contribution in [0.1, 0.15) is 30.0 Å². The highest BCUT2D eigenvalue weighted by atomic mass is 16.5. The third-order valence-corrected chi connectivity index (χ3v) is 5.39. The van der Waals surface area contributed by atoms with Crippen LogP contribution in [-0.2, 0) is 11.2 Å². The van der Waals surface area contributed by atoms with Crippen molar-refractivity contribution in [3.63, 3.8) is 0 Å². The van der Waals surface area contributed by atoms with Crippen molar-refractivity contribution in [3.8, 4) is 5.75 Å². The summed E-state index contributed by atoms with van der Waals surface area (Å²) < 4.78 is 5.17. The van der Waals surface area contributed by atoms with Gasteiger partial charge in [0.05, 0.1) is 19.6 Å². The van der Waals surface area contributed by atoms with Gasteiger partial charge >= 0.3 is 0 Å². The molecule has 3 rings (SSSR count). The molecule has 1 N–H and O–H groups in total. The molecule has 5 nitrogen and oxygen atoms in total. The molecular weight excluding hydrogens is 350 g/mol. The highest BCUT2D eigenvalue weighted by molar-refractivity contribution is 5.78. The van der Waals surface area contributed by atoms with Crippen LogP contribution in [0.5, 0.6) is 5.75 Å². The molecule has 1 unspecified atom stereocenters. The Morgan fingerprint density at radius 3 is 2.29 bits per heavy atom. The molecule has 0 bridgehead atoms. The Kier molecular flexibility index (Phi) is 6.93. The summed E-state index contributed by atoms with van der Waals surface area (Å²) in [5.41, 5.74) is 3.44. The average Bonchev–Trinajstić information content (AvgIpc) is 3.23. The lowest BCUT2D eigenvalue weighted by Gasteiger charge is -2.28. The maximum absolute atomic E-state index is 12.5. The topological polar surface area (TPSA) is 44.8 Å². The Bertz CT molecular complexity index is 750. The van der Waals surface area contributed by atoms with Gasteiger partial charge in [0.25, 0.3) is 0 Å². The van der Waals surface area contributed by atoms with E-state index >= 15 is 0 Å². The summed E-state index contributed by atoms with van der Waals surface area (Å²) in [6.45, 7) is 2.82. The normalized spacial score (nSPS) is 15.2. The van der Waals surface area contributed by atoms with Gasteiger partial charge in [-0.15, -0.1) is 0 Å². The summed E-state index contributed by atoms with van der Waals surface area (Å²) >= 11 is 0. The molecule has 1 aliphatic rings. The first kappa shape index (κ1) is 20.2. The minimum Gasteiger partial charge on any atom is -0.497 e. The number of carbonyl (C=O) groups is 1. The molecule has 0 saturated carbocycles. The lowest BCUT2D eigenvalue weighted by atomic mass is 10.0. The monoisotopic (exact) mass is 381 g/mol. The number of likely N-dealkylation sites (tertiary alicyclic amines) is 1. The molecule has 1 heterocycles. The highest BCUT2D eigenvalue weighted by Gasteiger charge is 2.24. The van der Waals surface area contributed by atoms with E-state index in [1.807, 2.05) is 38.4 Å². The van der Waals surface area contributed by atoms with Crippen LogP contribution in [0.4, 0.5) is 5.69 Å². The van der Waals surface area contributed by atoms with E-state index in [-0.39, 0.29) is 11.9 Å². The maximum atomic E-state index is 12.5. The number of nitrogens with zero attached hydrogens (tertiary/aromatic N) is 2. The van der Waals surface area contributed by atoms with Gasteiger partial charge in [0.1, 0.15) is 5.75 Å². The fraction of sp³-hybridized carbons (Fsp3) is 0.435. The zero-order valence-electron chi connectivity index (χ0n) is 17.1. The van der Waals surface area contributed by atoms with Crippen LogP contribution in [-0.4, -0.2) is 51.6 Å². The molecule has 0 spiro atoms. The second-order valence-electron chi connectivity index (χ2n) is 7.57. The van der Waals surface area contributed by atoms with Crippen LogP contribution >= 0.6 is 0 Å². The first-order valence-electron chi connectivity index (χ1n) is 9.98. The van der Waals surface area contributed by atoms with E-state index in [2.05, 4.69) is 39.4 Å². The van der Waals surface area contributed by atoms with Crippen molar-refractivity contribution in [1.29, 1.82) is 0 Å². The minimum atomic E-state index is 0.0549. The molecule has 1 fully saturated rings. The van der Waals surface area contributed by atoms with Gasteiger partial charge in [-0.1, -0.05) is 24.3 Å². The summed E-state index contributed by atoms with van der Waals surface area (Å²) in [7, 11) is 5.74. The van der Waals surface area contributed by atoms with Crippen LogP contribution in [0.2, 0.25) is 0 Å². The number of hydrogen-bond acceptors (Lipinski definition) is 4. The molecule has 0 aromatic heterocycles. The fourth-order valence-corrected chi connectivity index (χ4v) is 3.71. The smallest absolute Gasteiger partial charge is 0.224 e. The van der Waals surface area contributed by atoms with E-state index in [9.17, 15) is 4.79 Å². The number of rotatable bonds is 8. The molecule has 1 saturated heterocycles. The minimum absolute atomic E-state index is 0.0549. The number of anilines is 1. The fourth-order valence-electron chi connectivity index (χ4n) is 3.71. The molecule has 2 aromatic carbocycles. The SMILES string of the molecule is COc1ccc(CC(=O)NCC(c2ccc(N(C)C)cc2)N2CCCC2)cc1. The number of nitrogens with one attached hydrogen (secondary N) is 1. The van der Waals surface area contributed by atoms with E-state index in [0.717, 1.165) is 24.4 Å². The van der Waals surface area contributed by atoms with E-state index in [1.165, 1.54) is 24.1 Å². The molecule has 28 heavy (non-hydrogen) atoms. The second kappa shape index (κ2) is 9.60. The predicted octanol–water partition coefficient (Wildman–Crippen LogP) is 3.26. The number of methoxy groups -OCH3 is 1. The van der Waals surface area contributed by atoms with Crippen LogP contribution in [0.15, 0.2) is 48.5 Å². The first-order chi connectivity index (χ1) is 13.6. The largest absolute Gasteiger partial charge is 0.497 e. The lowest BCUT2D eigenvalue weighted by molar-refractivity contribution is -0.120. The van der Waals surface area contributed by atoms with Gasteiger partial charge < -0.3 is 15.0 Å². The highest BCUT2D eigenvalue weighted by Crippen LogP contribution is 2.26. The van der Waals surface area contributed by atoms with E-state index in [0.29, 0.717) is 13.0 Å². The van der Waals surface area contributed by atoms with Gasteiger partial charge in [-0.2, -0.15) is 0 Å². The van der Waals surface area contributed by atoms with Crippen molar-refractivity contribution in [2.24, 2.45) is 0 Å². The van der Waals surface area contributed by atoms with Crippen molar-refractivity contribution in [2.75, 3.05) is 45.7 Å². The molecular formula is C23H31N3O2. The second-order valence-corrected chi connectivity index (χ2v) is 7.57. The summed E-state index contributed by atoms with van der Waals surface area (Å²) in [4.78, 5) is 17.1. The summed E-state index contributed by atoms with van der Waals surface area (Å²) in [5.74, 6) is 0.860. The van der Waals surface area contributed by atoms with Crippen LogP contribution < -0.4 is 15.0 Å². The van der Waals surface area contributed by atoms with Crippen molar-refractivity contribution < 1.29 is 9.53 Å². The third-order valence-electron chi connectivity index (χ3n) is 5.39. The van der Waals surface area contributed by atoms with Gasteiger partial charge in [0, 0.05) is 26.3 Å². The summed E-state index contributed by atoms with van der Waals surface area (Å²) in [6.07, 6.45) is 2.84. The summed E-state index contributed by atoms with van der Waals surface area (Å²) in [5, 5.41) is 3.15. The molecule has 150 valence electrons. The number of carbonyl (C=O) groups excluding carboxylic acids is 1. The van der Waals surface area contributed by atoms with Crippen LogP contribution in [0.3, 0.4) is 0 Å². The van der Waals surface area contributed by atoms with Crippen molar-refractivity contribution in [3.05, 3.63) is 59.7 Å². The van der Waals surface area contributed by atoms with Crippen molar-refractivity contribution >= 4 is 11.6 Å². The first-order valence-corrected chi connectivity index (χ1v) is 9.98. The zero-order valence-corrected chi connectivity index (χ0v) is 17.1. The van der Waals surface area contributed by atoms with Gasteiger partial charge in [0.15, 0.2) is 0 Å². The molecule has 2 aromatic rings. The van der Waals surface area contributed by atoms with Gasteiger partial charge in [0.2, 0.25) is 5.91 Å². The molecule has 0 radical (unpaired) electrons. The predicted molar refractivity (Wildman–Crippen MR) is 114 cm³/mol. The third kappa shape index (κ3) is 5.26. The molecule has 5 heteroatoms. The molecule has 1 aliphatic heterocycles. The molecule has 0 aliphatic carbocycles. The molecule has 1 atom stereocenters. The van der Waals surface area contributed by atoms with Crippen LogP contribution in [0, 0.1) is 0 Å². The average molecular weight is 382 g/mol. The molecule has 1 amide bonds. The van der Waals surface area contributed by atoms with E-state index < -0.39 is 0 Å². The standard InChI is InChI=1S/C23H31N3O2/c1-25(2)20-10-8-19(9-11-20)22(26-14-4-5-15-26)17-24-23(27)16-18-6-12-21(28-3)13-7-18/h6-13,22H,4-5,14-17H2,1-3H3,(H,24,27). The van der Waals surface area contributed by atoms with Gasteiger partial charge in [-0.25, -0.2) is 0 Å². The Labute approximate surface area is 168 Å². The maximum Gasteiger partial charge on any atom is 0.224 e. The lowest BCUT2D eigenvalue weighted by Crippen LogP contribution is -2.37. The van der Waals surface area contributed by atoms with Crippen molar-refractivity contribution in [1.82, 2.24) is 10.2 Å². The van der Waals surface area contributed by atoms with Gasteiger partial charge in [-0.05, 0) is 61.3 Å². The van der Waals surface area contributed by atoms with Crippen molar-refractivity contribution in [2.45, 2.75) is 25.3 Å². The Balaban J connectivity index is 1.63. The number of ether oxygens (including phenoxy) is 1.